The summed E-state index contributed by atoms with van der Waals surface area (Å²) in [4.78, 5) is 18.8. The molecule has 3 rings (SSSR count). The molecule has 0 bridgehead atoms. The molecule has 6 nitrogen and oxygen atoms in total. The van der Waals surface area contributed by atoms with E-state index in [9.17, 15) is 18.0 Å². The van der Waals surface area contributed by atoms with Crippen LogP contribution in [0.3, 0.4) is 0 Å². The van der Waals surface area contributed by atoms with E-state index in [1.807, 2.05) is 39.8 Å². The Balaban J connectivity index is 0.00000235. The van der Waals surface area contributed by atoms with Crippen LogP contribution in [0.25, 0.3) is 11.1 Å². The molecule has 0 aromatic heterocycles. The molecule has 2 aromatic rings. The van der Waals surface area contributed by atoms with Gasteiger partial charge in [0.2, 0.25) is 0 Å². The molecule has 0 unspecified atom stereocenters. The second-order valence-corrected chi connectivity index (χ2v) is 8.17. The van der Waals surface area contributed by atoms with Gasteiger partial charge in [-0.05, 0) is 61.5 Å². The summed E-state index contributed by atoms with van der Waals surface area (Å²) in [5.74, 6) is -0.652. The molecule has 202 valence electrons. The van der Waals surface area contributed by atoms with Crippen LogP contribution in [0.15, 0.2) is 71.4 Å². The lowest BCUT2D eigenvalue weighted by Crippen LogP contribution is -2.41. The van der Waals surface area contributed by atoms with Gasteiger partial charge in [0, 0.05) is 32.9 Å². The van der Waals surface area contributed by atoms with E-state index in [1.54, 1.807) is 18.2 Å². The predicted molar refractivity (Wildman–Crippen MR) is 144 cm³/mol. The van der Waals surface area contributed by atoms with E-state index in [4.69, 9.17) is 4.74 Å². The fourth-order valence-electron chi connectivity index (χ4n) is 3.71. The monoisotopic (exact) mass is 519 g/mol. The first kappa shape index (κ1) is 29.8. The highest BCUT2D eigenvalue weighted by Gasteiger charge is 2.31. The van der Waals surface area contributed by atoms with Crippen molar-refractivity contribution < 1.29 is 28.9 Å². The van der Waals surface area contributed by atoms with Crippen LogP contribution in [-0.4, -0.2) is 56.2 Å². The van der Waals surface area contributed by atoms with Crippen molar-refractivity contribution in [2.75, 3.05) is 31.6 Å². The fraction of sp³-hybridized carbons (Fsp3) is 0.357. The maximum atomic E-state index is 12.9. The van der Waals surface area contributed by atoms with Crippen molar-refractivity contribution in [3.05, 3.63) is 72.0 Å². The molecule has 1 aliphatic heterocycles. The number of ether oxygens (including phenoxy) is 2. The number of benzene rings is 2. The smallest absolute Gasteiger partial charge is 0.406 e. The summed E-state index contributed by atoms with van der Waals surface area (Å²) in [6.07, 6.45) is 0.428. The number of rotatable bonds is 8. The Morgan fingerprint density at radius 1 is 1.27 bits per heavy atom. The number of aliphatic imine (C=N–C) groups is 1. The first-order valence-corrected chi connectivity index (χ1v) is 12.1. The van der Waals surface area contributed by atoms with Crippen LogP contribution in [0.4, 0.5) is 18.9 Å². The SMILES string of the molecule is C=N/C=C(\C=C/CN1CCO[C@@H](C)C1)C(=O)Nc1ccc(C)c(-c2ccc(OC(F)(F)F)cc2)c1.CC.[HH]. The molecule has 2 aromatic carbocycles. The average Bonchev–Trinajstić information content (AvgIpc) is 2.85. The molecule has 1 aliphatic rings. The van der Waals surface area contributed by atoms with Gasteiger partial charge >= 0.3 is 6.36 Å². The Morgan fingerprint density at radius 3 is 2.59 bits per heavy atom. The number of alkyl halides is 3. The quantitative estimate of drug-likeness (QED) is 0.242. The molecule has 0 radical (unpaired) electrons. The van der Waals surface area contributed by atoms with Crippen LogP contribution in [0, 0.1) is 6.92 Å². The van der Waals surface area contributed by atoms with Gasteiger partial charge in [-0.2, -0.15) is 0 Å². The molecule has 1 atom stereocenters. The largest absolute Gasteiger partial charge is 0.573 e. The lowest BCUT2D eigenvalue weighted by molar-refractivity contribution is -0.274. The van der Waals surface area contributed by atoms with Crippen molar-refractivity contribution >= 4 is 18.3 Å². The molecular weight excluding hydrogens is 483 g/mol. The maximum absolute atomic E-state index is 12.9. The number of morpholine rings is 1. The average molecular weight is 520 g/mol. The van der Waals surface area contributed by atoms with Crippen LogP contribution >= 0.6 is 0 Å². The van der Waals surface area contributed by atoms with Crippen molar-refractivity contribution in [1.82, 2.24) is 4.90 Å². The van der Waals surface area contributed by atoms with E-state index >= 15 is 0 Å². The first-order chi connectivity index (χ1) is 17.6. The zero-order chi connectivity index (χ0) is 27.4. The summed E-state index contributed by atoms with van der Waals surface area (Å²) >= 11 is 0. The van der Waals surface area contributed by atoms with Crippen LogP contribution in [0.2, 0.25) is 0 Å². The van der Waals surface area contributed by atoms with Gasteiger partial charge in [0.25, 0.3) is 5.91 Å². The molecule has 0 aliphatic carbocycles. The Hall–Kier alpha value is -3.43. The van der Waals surface area contributed by atoms with Gasteiger partial charge in [-0.3, -0.25) is 14.7 Å². The van der Waals surface area contributed by atoms with Crippen molar-refractivity contribution in [2.24, 2.45) is 4.99 Å². The van der Waals surface area contributed by atoms with E-state index in [2.05, 4.69) is 26.7 Å². The first-order valence-electron chi connectivity index (χ1n) is 12.1. The van der Waals surface area contributed by atoms with Crippen LogP contribution < -0.4 is 10.1 Å². The number of nitrogens with zero attached hydrogens (tertiary/aromatic N) is 2. The molecule has 0 saturated carbocycles. The van der Waals surface area contributed by atoms with Crippen LogP contribution in [-0.2, 0) is 9.53 Å². The Bertz CT molecular complexity index is 1100. The highest BCUT2D eigenvalue weighted by molar-refractivity contribution is 6.06. The summed E-state index contributed by atoms with van der Waals surface area (Å²) in [5, 5.41) is 2.85. The second-order valence-electron chi connectivity index (χ2n) is 8.17. The van der Waals surface area contributed by atoms with Crippen molar-refractivity contribution in [3.63, 3.8) is 0 Å². The van der Waals surface area contributed by atoms with E-state index in [0.29, 0.717) is 30.0 Å². The van der Waals surface area contributed by atoms with Crippen molar-refractivity contribution in [1.29, 1.82) is 0 Å². The fourth-order valence-corrected chi connectivity index (χ4v) is 3.71. The summed E-state index contributed by atoms with van der Waals surface area (Å²) in [7, 11) is 0. The van der Waals surface area contributed by atoms with Crippen molar-refractivity contribution in [3.8, 4) is 16.9 Å². The number of aryl methyl sites for hydroxylation is 1. The number of nitrogens with one attached hydrogen (secondary N) is 1. The molecule has 1 saturated heterocycles. The molecule has 1 heterocycles. The zero-order valence-electron chi connectivity index (χ0n) is 21.6. The zero-order valence-corrected chi connectivity index (χ0v) is 21.6. The summed E-state index contributed by atoms with van der Waals surface area (Å²) < 4.78 is 46.7. The predicted octanol–water partition coefficient (Wildman–Crippen LogP) is 6.63. The number of carbonyl (C=O) groups excluding carboxylic acids is 1. The van der Waals surface area contributed by atoms with Gasteiger partial charge < -0.3 is 14.8 Å². The standard InChI is InChI=1S/C26H28F3N3O3.C2H6.H2/c1-18-6-9-22(15-24(18)20-7-10-23(11-8-20)35-26(27,28)29)31-25(33)21(16-30-3)5-4-12-32-13-14-34-19(2)17-32;1-2;/h4-11,15-16,19H,3,12-14,17H2,1-2H3,(H,31,33);1-2H3;1H/b5-4-,21-16+;;/t19-;;/m0../s1. The van der Waals surface area contributed by atoms with E-state index in [-0.39, 0.29) is 19.2 Å². The Labute approximate surface area is 218 Å². The van der Waals surface area contributed by atoms with Gasteiger partial charge in [0.15, 0.2) is 0 Å². The van der Waals surface area contributed by atoms with Crippen LogP contribution in [0.1, 0.15) is 27.8 Å². The lowest BCUT2D eigenvalue weighted by Gasteiger charge is -2.30. The molecule has 0 spiro atoms. The third kappa shape index (κ3) is 9.86. The third-order valence-electron chi connectivity index (χ3n) is 5.37. The van der Waals surface area contributed by atoms with Gasteiger partial charge in [0.1, 0.15) is 5.75 Å². The minimum atomic E-state index is -4.75. The van der Waals surface area contributed by atoms with Gasteiger partial charge in [-0.25, -0.2) is 0 Å². The molecule has 37 heavy (non-hydrogen) atoms. The highest BCUT2D eigenvalue weighted by atomic mass is 19.4. The number of anilines is 1. The van der Waals surface area contributed by atoms with E-state index < -0.39 is 6.36 Å². The maximum Gasteiger partial charge on any atom is 0.573 e. The lowest BCUT2D eigenvalue weighted by atomic mass is 9.99. The topological polar surface area (TPSA) is 63.2 Å². The number of hydrogen-bond acceptors (Lipinski definition) is 5. The Morgan fingerprint density at radius 2 is 1.97 bits per heavy atom. The molecular formula is C28H36F3N3O3. The van der Waals surface area contributed by atoms with Crippen molar-refractivity contribution in [2.45, 2.75) is 40.2 Å². The van der Waals surface area contributed by atoms with Crippen LogP contribution in [0.5, 0.6) is 5.75 Å². The molecule has 9 heteroatoms. The Kier molecular flexibility index (Phi) is 11.6. The molecule has 1 N–H and O–H groups in total. The number of carbonyl (C=O) groups is 1. The van der Waals surface area contributed by atoms with E-state index in [0.717, 1.165) is 24.2 Å². The number of halogens is 3. The second kappa shape index (κ2) is 14.3. The normalized spacial score (nSPS) is 16.6. The minimum Gasteiger partial charge on any atom is -0.406 e. The van der Waals surface area contributed by atoms with E-state index in [1.165, 1.54) is 30.5 Å². The molecule has 1 fully saturated rings. The summed E-state index contributed by atoms with van der Waals surface area (Å²) in [6.45, 7) is 14.4. The summed E-state index contributed by atoms with van der Waals surface area (Å²) in [5.41, 5.74) is 3.24. The minimum absolute atomic E-state index is 0. The molecule has 1 amide bonds. The van der Waals surface area contributed by atoms with Gasteiger partial charge in [-0.15, -0.1) is 13.2 Å². The third-order valence-corrected chi connectivity index (χ3v) is 5.37. The van der Waals surface area contributed by atoms with Gasteiger partial charge in [0.05, 0.1) is 18.3 Å². The highest BCUT2D eigenvalue weighted by Crippen LogP contribution is 2.30. The number of hydrogen-bond donors (Lipinski definition) is 1. The summed E-state index contributed by atoms with van der Waals surface area (Å²) in [6, 6.07) is 10.9. The number of amides is 1. The van der Waals surface area contributed by atoms with Gasteiger partial charge in [-0.1, -0.05) is 44.2 Å².